The third kappa shape index (κ3) is 10.2. The van der Waals surface area contributed by atoms with Gasteiger partial charge in [-0.15, -0.1) is 0 Å². The molecule has 18 nitrogen and oxygen atoms in total. The summed E-state index contributed by atoms with van der Waals surface area (Å²) < 4.78 is 17.4. The first-order valence-corrected chi connectivity index (χ1v) is 24.5. The third-order valence-corrected chi connectivity index (χ3v) is 13.8. The maximum atomic E-state index is 13.8. The van der Waals surface area contributed by atoms with Crippen LogP contribution in [0.4, 0.5) is 15.4 Å². The van der Waals surface area contributed by atoms with Crippen molar-refractivity contribution >= 4 is 29.8 Å². The highest BCUT2D eigenvalue weighted by Crippen LogP contribution is 2.37. The molecule has 4 atom stereocenters. The summed E-state index contributed by atoms with van der Waals surface area (Å²) in [5, 5.41) is 5.44. The van der Waals surface area contributed by atoms with E-state index in [0.717, 1.165) is 95.3 Å². The van der Waals surface area contributed by atoms with E-state index in [0.29, 0.717) is 38.0 Å². The van der Waals surface area contributed by atoms with Crippen molar-refractivity contribution in [2.24, 2.45) is 11.8 Å². The Morgan fingerprint density at radius 1 is 0.620 bits per heavy atom. The Labute approximate surface area is 413 Å². The molecular weight excluding hydrogens is 903 g/mol. The second-order valence-electron chi connectivity index (χ2n) is 19.0. The third-order valence-electron chi connectivity index (χ3n) is 13.8. The number of benzene rings is 2. The van der Waals surface area contributed by atoms with E-state index >= 15 is 0 Å². The molecule has 3 fully saturated rings. The van der Waals surface area contributed by atoms with Crippen molar-refractivity contribution in [1.29, 1.82) is 0 Å². The molecule has 3 aliphatic rings. The molecule has 4 aromatic heterocycles. The minimum atomic E-state index is -0.712. The summed E-state index contributed by atoms with van der Waals surface area (Å²) >= 11 is 0. The zero-order chi connectivity index (χ0) is 49.8. The fourth-order valence-electron chi connectivity index (χ4n) is 9.98. The lowest BCUT2D eigenvalue weighted by atomic mass is 10.0. The number of carbonyl (C=O) groups is 4. The van der Waals surface area contributed by atoms with Crippen molar-refractivity contribution in [3.8, 4) is 50.7 Å². The molecule has 4 N–H and O–H groups in total. The number of nitrogens with one attached hydrogen (secondary N) is 4. The zero-order valence-corrected chi connectivity index (χ0v) is 41.2. The lowest BCUT2D eigenvalue weighted by molar-refractivity contribution is -0.136. The molecule has 2 aromatic carbocycles. The first kappa shape index (κ1) is 48.5. The van der Waals surface area contributed by atoms with Crippen molar-refractivity contribution in [3.63, 3.8) is 0 Å². The van der Waals surface area contributed by atoms with Gasteiger partial charge in [-0.25, -0.2) is 24.5 Å². The van der Waals surface area contributed by atoms with Crippen LogP contribution in [0.1, 0.15) is 77.1 Å². The number of imidazole rings is 2. The van der Waals surface area contributed by atoms with E-state index in [9.17, 15) is 19.2 Å². The molecule has 0 aliphatic carbocycles. The molecule has 6 aromatic rings. The van der Waals surface area contributed by atoms with Crippen molar-refractivity contribution in [2.45, 2.75) is 77.5 Å². The molecule has 0 saturated carbocycles. The second-order valence-corrected chi connectivity index (χ2v) is 19.0. The molecule has 3 saturated heterocycles. The van der Waals surface area contributed by atoms with Crippen molar-refractivity contribution in [1.82, 2.24) is 49.9 Å². The number of likely N-dealkylation sites (tertiary alicyclic amines) is 2. The van der Waals surface area contributed by atoms with Crippen LogP contribution in [0.25, 0.3) is 50.7 Å². The highest BCUT2D eigenvalue weighted by atomic mass is 16.5. The number of nitrogens with zero attached hydrogens (tertiary/aromatic N) is 7. The predicted molar refractivity (Wildman–Crippen MR) is 268 cm³/mol. The van der Waals surface area contributed by atoms with Gasteiger partial charge in [0.15, 0.2) is 0 Å². The number of aromatic nitrogens is 6. The van der Waals surface area contributed by atoms with Crippen molar-refractivity contribution in [3.05, 3.63) is 103 Å². The summed E-state index contributed by atoms with van der Waals surface area (Å²) in [6.45, 7) is 11.7. The highest BCUT2D eigenvalue weighted by Gasteiger charge is 2.39. The lowest BCUT2D eigenvalue weighted by Crippen LogP contribution is -2.51. The molecule has 0 unspecified atom stereocenters. The summed E-state index contributed by atoms with van der Waals surface area (Å²) in [5.41, 5.74) is 8.25. The van der Waals surface area contributed by atoms with Gasteiger partial charge in [0, 0.05) is 49.7 Å². The van der Waals surface area contributed by atoms with Gasteiger partial charge in [0.25, 0.3) is 0 Å². The summed E-state index contributed by atoms with van der Waals surface area (Å²) in [4.78, 5) is 79.2. The number of H-pyrrole nitrogens is 2. The van der Waals surface area contributed by atoms with Gasteiger partial charge in [-0.05, 0) is 72.9 Å². The lowest BCUT2D eigenvalue weighted by Gasteiger charge is -2.29. The van der Waals surface area contributed by atoms with E-state index in [1.165, 1.54) is 14.2 Å². The Balaban J connectivity index is 0.967. The molecule has 372 valence electrons. The van der Waals surface area contributed by atoms with Crippen LogP contribution in [0, 0.1) is 11.8 Å². The minimum Gasteiger partial charge on any atom is -0.453 e. The average molecular weight is 966 g/mol. The van der Waals surface area contributed by atoms with Crippen LogP contribution in [0.2, 0.25) is 0 Å². The van der Waals surface area contributed by atoms with Gasteiger partial charge in [-0.1, -0.05) is 76.2 Å². The Bertz CT molecular complexity index is 2650. The standard InChI is InChI=1S/C53H63N11O7/c1-32(2)46(59-52(67)69-5)50(65)62-23-7-9-43(62)48-55-30-39(57-48)34-11-15-36(16-12-34)41-20-21-42(64(41)38-19-22-45(54-29-38)61-25-27-71-28-26-61)37-17-13-35(14-18-37)40-31-56-49(58-40)44-10-8-24-63(44)51(66)47(33(3)4)60-53(68)70-6/h11-22,29-33,43-44,46-47H,7-10,23-28H2,1-6H3,(H,55,57)(H,56,58)(H,59,67)(H,60,68)/t43-,44-,46-,47-/m0/s1. The van der Waals surface area contributed by atoms with Gasteiger partial charge < -0.3 is 54.1 Å². The fraction of sp³-hybridized carbons (Fsp3) is 0.415. The fourth-order valence-corrected chi connectivity index (χ4v) is 9.98. The SMILES string of the molecule is COC(=O)N[C@H](C(=O)N1CCC[C@H]1c1nc(-c2ccc(-c3ccc(-c4ccc(-c5c[nH]c([C@@H]6CCCN6C(=O)[C@@H](NC(=O)OC)C(C)C)n5)cc4)n3-c3ccc(N4CCOCC4)nc3)cc2)c[nH]1)C(C)C. The maximum absolute atomic E-state index is 13.8. The number of ether oxygens (including phenoxy) is 3. The van der Waals surface area contributed by atoms with E-state index in [2.05, 4.69) is 103 Å². The normalized spacial score (nSPS) is 17.9. The molecule has 9 rings (SSSR count). The number of hydrogen-bond donors (Lipinski definition) is 4. The van der Waals surface area contributed by atoms with E-state index in [1.807, 2.05) is 56.1 Å². The summed E-state index contributed by atoms with van der Waals surface area (Å²) in [7, 11) is 2.58. The molecular formula is C53H63N11O7. The molecule has 0 radical (unpaired) electrons. The van der Waals surface area contributed by atoms with E-state index in [4.69, 9.17) is 29.2 Å². The number of amides is 4. The number of pyridine rings is 1. The molecule has 0 bridgehead atoms. The number of rotatable bonds is 14. The second kappa shape index (κ2) is 21.3. The van der Waals surface area contributed by atoms with E-state index in [-0.39, 0.29) is 35.7 Å². The van der Waals surface area contributed by atoms with Gasteiger partial charge in [0.05, 0.1) is 74.2 Å². The average Bonchev–Trinajstić information content (AvgIpc) is 4.27. The largest absolute Gasteiger partial charge is 0.453 e. The zero-order valence-electron chi connectivity index (χ0n) is 41.2. The van der Waals surface area contributed by atoms with E-state index < -0.39 is 24.3 Å². The van der Waals surface area contributed by atoms with Crippen LogP contribution in [0.5, 0.6) is 0 Å². The Hall–Kier alpha value is -7.47. The minimum absolute atomic E-state index is 0.126. The Morgan fingerprint density at radius 2 is 1.07 bits per heavy atom. The first-order valence-electron chi connectivity index (χ1n) is 24.5. The van der Waals surface area contributed by atoms with Gasteiger partial charge in [0.2, 0.25) is 11.8 Å². The topological polar surface area (TPSA) is 205 Å². The van der Waals surface area contributed by atoms with Gasteiger partial charge in [0.1, 0.15) is 29.6 Å². The summed E-state index contributed by atoms with van der Waals surface area (Å²) in [6, 6.07) is 23.2. The molecule has 18 heteroatoms. The number of anilines is 1. The first-order chi connectivity index (χ1) is 34.4. The Morgan fingerprint density at radius 3 is 1.48 bits per heavy atom. The van der Waals surface area contributed by atoms with Gasteiger partial charge in [-0.3, -0.25) is 9.59 Å². The summed E-state index contributed by atoms with van der Waals surface area (Å²) in [5.74, 6) is 1.77. The van der Waals surface area contributed by atoms with Gasteiger partial charge >= 0.3 is 12.2 Å². The number of alkyl carbamates (subject to hydrolysis) is 2. The molecule has 4 amide bonds. The van der Waals surface area contributed by atoms with Crippen molar-refractivity contribution < 1.29 is 33.4 Å². The van der Waals surface area contributed by atoms with Gasteiger partial charge in [-0.2, -0.15) is 0 Å². The Kier molecular flexibility index (Phi) is 14.5. The monoisotopic (exact) mass is 965 g/mol. The van der Waals surface area contributed by atoms with Crippen LogP contribution in [-0.4, -0.2) is 129 Å². The van der Waals surface area contributed by atoms with E-state index in [1.54, 1.807) is 0 Å². The van der Waals surface area contributed by atoms with Crippen LogP contribution < -0.4 is 15.5 Å². The number of carbonyl (C=O) groups excluding carboxylic acids is 4. The summed E-state index contributed by atoms with van der Waals surface area (Å²) in [6.07, 6.45) is 7.61. The predicted octanol–water partition coefficient (Wildman–Crippen LogP) is 7.91. The molecule has 0 spiro atoms. The number of morpholine rings is 1. The highest BCUT2D eigenvalue weighted by molar-refractivity contribution is 5.87. The van der Waals surface area contributed by atoms with Crippen LogP contribution in [0.3, 0.4) is 0 Å². The molecule has 71 heavy (non-hydrogen) atoms. The quantitative estimate of drug-likeness (QED) is 0.0826. The van der Waals surface area contributed by atoms with Crippen LogP contribution in [-0.2, 0) is 23.8 Å². The maximum Gasteiger partial charge on any atom is 0.407 e. The van der Waals surface area contributed by atoms with Crippen LogP contribution in [0.15, 0.2) is 91.4 Å². The number of methoxy groups -OCH3 is 2. The number of hydrogen-bond acceptors (Lipinski definition) is 11. The number of aromatic amines is 2. The van der Waals surface area contributed by atoms with Crippen molar-refractivity contribution in [2.75, 3.05) is 58.5 Å². The molecule has 3 aliphatic heterocycles. The van der Waals surface area contributed by atoms with Crippen LogP contribution >= 0.6 is 0 Å². The smallest absolute Gasteiger partial charge is 0.407 e. The molecule has 7 heterocycles.